The summed E-state index contributed by atoms with van der Waals surface area (Å²) >= 11 is 0. The number of nitrogens with one attached hydrogen (secondary N) is 2. The highest BCUT2D eigenvalue weighted by molar-refractivity contribution is 5.99. The van der Waals surface area contributed by atoms with Crippen LogP contribution in [-0.4, -0.2) is 57.6 Å². The van der Waals surface area contributed by atoms with Gasteiger partial charge in [0.15, 0.2) is 0 Å². The summed E-state index contributed by atoms with van der Waals surface area (Å²) in [6.07, 6.45) is 5.59. The Balaban J connectivity index is 1.38. The molecule has 0 radical (unpaired) electrons. The van der Waals surface area contributed by atoms with E-state index in [1.54, 1.807) is 4.90 Å². The molecule has 4 fully saturated rings. The lowest BCUT2D eigenvalue weighted by atomic mass is 9.62. The molecule has 3 unspecified atom stereocenters. The number of likely N-dealkylation sites (tertiary alicyclic amines) is 1. The van der Waals surface area contributed by atoms with Gasteiger partial charge in [-0.05, 0) is 43.2 Å². The molecule has 4 aliphatic rings. The average molecular weight is 560 g/mol. The van der Waals surface area contributed by atoms with Crippen molar-refractivity contribution >= 4 is 17.7 Å². The molecule has 6 rings (SSSR count). The van der Waals surface area contributed by atoms with E-state index < -0.39 is 35.1 Å². The zero-order valence-electron chi connectivity index (χ0n) is 23.9. The first kappa shape index (κ1) is 27.9. The van der Waals surface area contributed by atoms with E-state index in [2.05, 4.69) is 10.6 Å². The van der Waals surface area contributed by atoms with E-state index >= 15 is 0 Å². The fraction of sp³-hybridized carbons (Fsp3) is 0.545. The van der Waals surface area contributed by atoms with E-state index in [4.69, 9.17) is 4.74 Å². The minimum absolute atomic E-state index is 0.0459. The molecule has 41 heavy (non-hydrogen) atoms. The summed E-state index contributed by atoms with van der Waals surface area (Å²) in [5, 5.41) is 17.0. The number of aliphatic hydroxyl groups excluding tert-OH is 1. The number of aliphatic hydroxyl groups is 1. The number of fused-ring (bicyclic) bond motifs is 1. The highest BCUT2D eigenvalue weighted by Gasteiger charge is 2.80. The van der Waals surface area contributed by atoms with E-state index in [-0.39, 0.29) is 36.3 Å². The standard InChI is InChI=1S/C33H41N3O5/c1-21-18-33-27(26(32(21,2)41-33)29(38)34-19-22-12-6-3-7-13-22)31(40)36(25(20-37)23-14-8-4-9-15-23)28(33)30(39)35-24-16-10-5-11-17-24/h3-4,6-9,12-15,21,24-28,37H,5,10-11,16-20H2,1-2H3,(H,34,38)(H,35,39)/t21?,25-,26+,27+,28?,32-,33?/m1/s1. The molecule has 3 heterocycles. The molecule has 2 bridgehead atoms. The van der Waals surface area contributed by atoms with Gasteiger partial charge in [0.1, 0.15) is 11.6 Å². The van der Waals surface area contributed by atoms with Crippen LogP contribution in [0.5, 0.6) is 0 Å². The van der Waals surface area contributed by atoms with Crippen LogP contribution in [-0.2, 0) is 25.7 Å². The normalized spacial score (nSPS) is 33.4. The van der Waals surface area contributed by atoms with Crippen LogP contribution in [0.25, 0.3) is 0 Å². The molecule has 8 nitrogen and oxygen atoms in total. The molecule has 8 heteroatoms. The fourth-order valence-corrected chi connectivity index (χ4v) is 8.16. The predicted molar refractivity (Wildman–Crippen MR) is 153 cm³/mol. The fourth-order valence-electron chi connectivity index (χ4n) is 8.16. The third-order valence-corrected chi connectivity index (χ3v) is 10.2. The summed E-state index contributed by atoms with van der Waals surface area (Å²) in [4.78, 5) is 44.3. The Morgan fingerprint density at radius 2 is 1.68 bits per heavy atom. The smallest absolute Gasteiger partial charge is 0.246 e. The van der Waals surface area contributed by atoms with E-state index in [0.717, 1.165) is 43.2 Å². The topological polar surface area (TPSA) is 108 Å². The van der Waals surface area contributed by atoms with Crippen molar-refractivity contribution in [3.63, 3.8) is 0 Å². The van der Waals surface area contributed by atoms with Gasteiger partial charge in [-0.15, -0.1) is 0 Å². The first-order valence-corrected chi connectivity index (χ1v) is 15.1. The van der Waals surface area contributed by atoms with Gasteiger partial charge in [-0.2, -0.15) is 0 Å². The van der Waals surface area contributed by atoms with E-state index in [9.17, 15) is 19.5 Å². The third-order valence-electron chi connectivity index (χ3n) is 10.2. The van der Waals surface area contributed by atoms with Crippen molar-refractivity contribution in [1.82, 2.24) is 15.5 Å². The Labute approximate surface area is 241 Å². The molecule has 2 aromatic rings. The molecule has 218 valence electrons. The van der Waals surface area contributed by atoms with Crippen molar-refractivity contribution in [3.8, 4) is 0 Å². The monoisotopic (exact) mass is 559 g/mol. The minimum atomic E-state index is -1.15. The third kappa shape index (κ3) is 4.56. The second kappa shape index (κ2) is 10.9. The number of carbonyl (C=O) groups is 3. The molecule has 0 aromatic heterocycles. The SMILES string of the molecule is CC1CC23O[C@@]1(C)[C@H](C(=O)NCc1ccccc1)[C@H]2C(=O)N([C@H](CO)c1ccccc1)C3C(=O)NC1CCCCC1. The number of amides is 3. The Hall–Kier alpha value is -3.23. The number of hydrogen-bond acceptors (Lipinski definition) is 5. The number of ether oxygens (including phenoxy) is 1. The summed E-state index contributed by atoms with van der Waals surface area (Å²) in [7, 11) is 0. The number of benzene rings is 2. The lowest BCUT2D eigenvalue weighted by molar-refractivity contribution is -0.151. The quantitative estimate of drug-likeness (QED) is 0.459. The van der Waals surface area contributed by atoms with Crippen molar-refractivity contribution < 1.29 is 24.2 Å². The van der Waals surface area contributed by atoms with Crippen molar-refractivity contribution in [2.75, 3.05) is 6.61 Å². The predicted octanol–water partition coefficient (Wildman–Crippen LogP) is 3.50. The van der Waals surface area contributed by atoms with Crippen LogP contribution in [0, 0.1) is 17.8 Å². The van der Waals surface area contributed by atoms with Crippen molar-refractivity contribution in [2.45, 2.75) is 88.2 Å². The van der Waals surface area contributed by atoms with Gasteiger partial charge in [0.25, 0.3) is 0 Å². The number of rotatable bonds is 8. The molecule has 3 saturated heterocycles. The molecule has 3 N–H and O–H groups in total. The van der Waals surface area contributed by atoms with Gasteiger partial charge in [0.05, 0.1) is 30.1 Å². The average Bonchev–Trinajstić information content (AvgIpc) is 3.50. The summed E-state index contributed by atoms with van der Waals surface area (Å²) in [5.41, 5.74) is -0.334. The summed E-state index contributed by atoms with van der Waals surface area (Å²) in [5.74, 6) is -2.41. The first-order valence-electron chi connectivity index (χ1n) is 15.1. The van der Waals surface area contributed by atoms with Crippen LogP contribution in [0.1, 0.15) is 69.5 Å². The van der Waals surface area contributed by atoms with Crippen molar-refractivity contribution in [1.29, 1.82) is 0 Å². The molecule has 1 spiro atoms. The van der Waals surface area contributed by atoms with Crippen molar-refractivity contribution in [2.24, 2.45) is 17.8 Å². The van der Waals surface area contributed by atoms with Gasteiger partial charge >= 0.3 is 0 Å². The summed E-state index contributed by atoms with van der Waals surface area (Å²) in [6, 6.07) is 17.4. The van der Waals surface area contributed by atoms with E-state index in [0.29, 0.717) is 13.0 Å². The molecule has 7 atom stereocenters. The van der Waals surface area contributed by atoms with Crippen molar-refractivity contribution in [3.05, 3.63) is 71.8 Å². The van der Waals surface area contributed by atoms with Crippen LogP contribution in [0.2, 0.25) is 0 Å². The van der Waals surface area contributed by atoms with Gasteiger partial charge in [-0.3, -0.25) is 14.4 Å². The summed E-state index contributed by atoms with van der Waals surface area (Å²) in [6.45, 7) is 3.97. The number of carbonyl (C=O) groups excluding carboxylic acids is 3. The highest BCUT2D eigenvalue weighted by atomic mass is 16.5. The van der Waals surface area contributed by atoms with Crippen LogP contribution >= 0.6 is 0 Å². The molecule has 1 aliphatic carbocycles. The Morgan fingerprint density at radius 1 is 1.02 bits per heavy atom. The molecular weight excluding hydrogens is 518 g/mol. The highest BCUT2D eigenvalue weighted by Crippen LogP contribution is 2.66. The Kier molecular flexibility index (Phi) is 7.41. The van der Waals surface area contributed by atoms with Crippen LogP contribution < -0.4 is 10.6 Å². The summed E-state index contributed by atoms with van der Waals surface area (Å²) < 4.78 is 6.86. The van der Waals surface area contributed by atoms with Gasteiger partial charge in [-0.25, -0.2) is 0 Å². The first-order chi connectivity index (χ1) is 19.8. The minimum Gasteiger partial charge on any atom is -0.394 e. The zero-order chi connectivity index (χ0) is 28.8. The Bertz CT molecular complexity index is 1280. The van der Waals surface area contributed by atoms with Gasteiger partial charge < -0.3 is 25.4 Å². The molecule has 2 aromatic carbocycles. The van der Waals surface area contributed by atoms with Gasteiger partial charge in [-0.1, -0.05) is 86.8 Å². The van der Waals surface area contributed by atoms with Crippen LogP contribution in [0.4, 0.5) is 0 Å². The maximum Gasteiger partial charge on any atom is 0.246 e. The van der Waals surface area contributed by atoms with E-state index in [1.807, 2.05) is 74.5 Å². The molecule has 3 amide bonds. The van der Waals surface area contributed by atoms with Crippen LogP contribution in [0.3, 0.4) is 0 Å². The lowest BCUT2D eigenvalue weighted by Crippen LogP contribution is -2.58. The second-order valence-corrected chi connectivity index (χ2v) is 12.6. The maximum atomic E-state index is 14.6. The van der Waals surface area contributed by atoms with E-state index in [1.165, 1.54) is 0 Å². The molecule has 1 saturated carbocycles. The molecule has 3 aliphatic heterocycles. The molecular formula is C33H41N3O5. The number of nitrogens with zero attached hydrogens (tertiary/aromatic N) is 1. The van der Waals surface area contributed by atoms with Crippen LogP contribution in [0.15, 0.2) is 60.7 Å². The van der Waals surface area contributed by atoms with Gasteiger partial charge in [0.2, 0.25) is 17.7 Å². The Morgan fingerprint density at radius 3 is 2.34 bits per heavy atom. The zero-order valence-corrected chi connectivity index (χ0v) is 23.9. The maximum absolute atomic E-state index is 14.6. The largest absolute Gasteiger partial charge is 0.394 e. The second-order valence-electron chi connectivity index (χ2n) is 12.6. The van der Waals surface area contributed by atoms with Gasteiger partial charge in [0, 0.05) is 12.6 Å². The lowest BCUT2D eigenvalue weighted by Gasteiger charge is -2.38. The number of hydrogen-bond donors (Lipinski definition) is 3.